The number of carbonyl (C=O) groups excluding carboxylic acids is 2. The molecule has 2 heterocycles. The van der Waals surface area contributed by atoms with Crippen molar-refractivity contribution >= 4 is 38.9 Å². The highest BCUT2D eigenvalue weighted by molar-refractivity contribution is 7.90. The number of sulfonamides is 1. The van der Waals surface area contributed by atoms with Gasteiger partial charge in [0.05, 0.1) is 5.69 Å². The van der Waals surface area contributed by atoms with E-state index in [9.17, 15) is 22.4 Å². The molecule has 3 rings (SSSR count). The molecule has 1 atom stereocenters. The number of nitrogens with zero attached hydrogens (tertiary/aromatic N) is 1. The maximum Gasteiger partial charge on any atom is 0.267 e. The van der Waals surface area contributed by atoms with E-state index in [0.29, 0.717) is 9.18 Å². The zero-order chi connectivity index (χ0) is 17.6. The maximum atomic E-state index is 13.7. The molecule has 6 nitrogen and oxygen atoms in total. The van der Waals surface area contributed by atoms with Crippen LogP contribution in [0.4, 0.5) is 10.1 Å². The Hall–Kier alpha value is -2.26. The van der Waals surface area contributed by atoms with Crippen LogP contribution < -0.4 is 5.32 Å². The van der Waals surface area contributed by atoms with Crippen molar-refractivity contribution in [3.63, 3.8) is 0 Å². The van der Waals surface area contributed by atoms with Gasteiger partial charge in [0.15, 0.2) is 5.92 Å². The van der Waals surface area contributed by atoms with E-state index in [1.54, 1.807) is 13.0 Å². The third-order valence-electron chi connectivity index (χ3n) is 3.70. The lowest BCUT2D eigenvalue weighted by atomic mass is 10.1. The Kier molecular flexibility index (Phi) is 3.92. The summed E-state index contributed by atoms with van der Waals surface area (Å²) in [7, 11) is -2.85. The van der Waals surface area contributed by atoms with Crippen LogP contribution in [-0.4, -0.2) is 31.6 Å². The molecule has 1 aliphatic heterocycles. The van der Waals surface area contributed by atoms with Crippen molar-refractivity contribution in [3.8, 4) is 0 Å². The number of aryl methyl sites for hydroxylation is 1. The molecule has 126 valence electrons. The fourth-order valence-corrected chi connectivity index (χ4v) is 5.33. The fourth-order valence-electron chi connectivity index (χ4n) is 2.47. The average Bonchev–Trinajstić information content (AvgIpc) is 2.90. The molecule has 1 unspecified atom stereocenters. The van der Waals surface area contributed by atoms with E-state index in [0.717, 1.165) is 18.4 Å². The monoisotopic (exact) mass is 368 g/mol. The Balaban J connectivity index is 2.05. The number of hydrogen-bond acceptors (Lipinski definition) is 5. The number of fused-ring (bicyclic) bond motifs is 1. The van der Waals surface area contributed by atoms with Gasteiger partial charge in [-0.15, -0.1) is 11.3 Å². The van der Waals surface area contributed by atoms with Crippen molar-refractivity contribution in [2.75, 3.05) is 12.4 Å². The van der Waals surface area contributed by atoms with E-state index >= 15 is 0 Å². The molecule has 24 heavy (non-hydrogen) atoms. The lowest BCUT2D eigenvalue weighted by molar-refractivity contribution is -0.132. The SMILES string of the molecule is Cc1cc2c(s1)C(C(=O)Nc1ccccc1F)C(=O)N(C)S2(=O)=O. The number of amides is 2. The maximum absolute atomic E-state index is 13.7. The van der Waals surface area contributed by atoms with E-state index < -0.39 is 33.6 Å². The first kappa shape index (κ1) is 16.6. The summed E-state index contributed by atoms with van der Waals surface area (Å²) in [5.41, 5.74) is -0.0683. The van der Waals surface area contributed by atoms with Gasteiger partial charge in [-0.25, -0.2) is 17.1 Å². The summed E-state index contributed by atoms with van der Waals surface area (Å²) < 4.78 is 38.9. The van der Waals surface area contributed by atoms with Crippen LogP contribution in [0.5, 0.6) is 0 Å². The van der Waals surface area contributed by atoms with Crippen molar-refractivity contribution < 1.29 is 22.4 Å². The Bertz CT molecular complexity index is 952. The van der Waals surface area contributed by atoms with Gasteiger partial charge in [0.1, 0.15) is 10.7 Å². The van der Waals surface area contributed by atoms with Crippen LogP contribution in [0.1, 0.15) is 15.7 Å². The van der Waals surface area contributed by atoms with Crippen LogP contribution in [0.2, 0.25) is 0 Å². The van der Waals surface area contributed by atoms with E-state index in [1.807, 2.05) is 0 Å². The van der Waals surface area contributed by atoms with E-state index in [1.165, 1.54) is 24.3 Å². The van der Waals surface area contributed by atoms with Gasteiger partial charge >= 0.3 is 0 Å². The number of nitrogens with one attached hydrogen (secondary N) is 1. The van der Waals surface area contributed by atoms with Crippen LogP contribution >= 0.6 is 11.3 Å². The summed E-state index contributed by atoms with van der Waals surface area (Å²) in [5, 5.41) is 2.36. The predicted octanol–water partition coefficient (Wildman–Crippen LogP) is 2.08. The second-order valence-electron chi connectivity index (χ2n) is 5.30. The smallest absolute Gasteiger partial charge is 0.267 e. The standard InChI is InChI=1S/C15H13FN2O4S2/c1-8-7-11-13(23-8)12(15(20)18(2)24(11,21)22)14(19)17-10-6-4-3-5-9(10)16/h3-7,12H,1-2H3,(H,17,19). The molecule has 0 saturated carbocycles. The van der Waals surface area contributed by atoms with Crippen molar-refractivity contribution in [3.05, 3.63) is 45.9 Å². The molecule has 0 aliphatic carbocycles. The molecule has 0 radical (unpaired) electrons. The molecule has 0 spiro atoms. The number of hydrogen-bond donors (Lipinski definition) is 1. The molecule has 2 aromatic rings. The van der Waals surface area contributed by atoms with Crippen LogP contribution in [0.15, 0.2) is 35.2 Å². The number of likely N-dealkylation sites (N-methyl/N-ethyl adjacent to an activating group) is 1. The average molecular weight is 368 g/mol. The number of thiophene rings is 1. The molecular formula is C15H13FN2O4S2. The molecule has 1 aromatic carbocycles. The molecule has 1 N–H and O–H groups in total. The molecule has 0 fully saturated rings. The number of anilines is 1. The molecule has 0 bridgehead atoms. The summed E-state index contributed by atoms with van der Waals surface area (Å²) in [6.07, 6.45) is 0. The summed E-state index contributed by atoms with van der Waals surface area (Å²) >= 11 is 1.07. The molecule has 9 heteroatoms. The Morgan fingerprint density at radius 2 is 2.00 bits per heavy atom. The topological polar surface area (TPSA) is 83.6 Å². The number of para-hydroxylation sites is 1. The fraction of sp³-hybridized carbons (Fsp3) is 0.200. The number of rotatable bonds is 2. The Labute approximate surface area is 142 Å². The van der Waals surface area contributed by atoms with Gasteiger partial charge in [-0.1, -0.05) is 12.1 Å². The molecule has 1 aliphatic rings. The summed E-state index contributed by atoms with van der Waals surface area (Å²) in [6, 6.07) is 6.98. The van der Waals surface area contributed by atoms with E-state index in [4.69, 9.17) is 0 Å². The number of benzene rings is 1. The highest BCUT2D eigenvalue weighted by Gasteiger charge is 2.46. The van der Waals surface area contributed by atoms with Crippen LogP contribution in [0.25, 0.3) is 0 Å². The Morgan fingerprint density at radius 3 is 2.67 bits per heavy atom. The third kappa shape index (κ3) is 2.49. The molecular weight excluding hydrogens is 355 g/mol. The largest absolute Gasteiger partial charge is 0.323 e. The van der Waals surface area contributed by atoms with Gasteiger partial charge in [-0.3, -0.25) is 9.59 Å². The molecule has 1 aromatic heterocycles. The van der Waals surface area contributed by atoms with Gasteiger partial charge < -0.3 is 5.32 Å². The first-order valence-electron chi connectivity index (χ1n) is 6.92. The van der Waals surface area contributed by atoms with Crippen LogP contribution in [0, 0.1) is 12.7 Å². The highest BCUT2D eigenvalue weighted by atomic mass is 32.2. The minimum atomic E-state index is -3.96. The summed E-state index contributed by atoms with van der Waals surface area (Å²) in [5.74, 6) is -3.60. The van der Waals surface area contributed by atoms with Crippen molar-refractivity contribution in [2.24, 2.45) is 0 Å². The second kappa shape index (κ2) is 5.67. The summed E-state index contributed by atoms with van der Waals surface area (Å²) in [6.45, 7) is 1.69. The lowest BCUT2D eigenvalue weighted by Crippen LogP contribution is -2.45. The zero-order valence-corrected chi connectivity index (χ0v) is 14.4. The second-order valence-corrected chi connectivity index (χ2v) is 8.52. The van der Waals surface area contributed by atoms with Crippen molar-refractivity contribution in [1.29, 1.82) is 0 Å². The number of halogens is 1. The van der Waals surface area contributed by atoms with Crippen molar-refractivity contribution in [1.82, 2.24) is 4.31 Å². The Morgan fingerprint density at radius 1 is 1.33 bits per heavy atom. The molecule has 0 saturated heterocycles. The minimum Gasteiger partial charge on any atom is -0.323 e. The minimum absolute atomic E-state index is 0.0548. The van der Waals surface area contributed by atoms with Gasteiger partial charge in [0.2, 0.25) is 5.91 Å². The quantitative estimate of drug-likeness (QED) is 0.823. The normalized spacial score (nSPS) is 19.0. The predicted molar refractivity (Wildman–Crippen MR) is 86.8 cm³/mol. The van der Waals surface area contributed by atoms with Gasteiger partial charge in [0.25, 0.3) is 15.9 Å². The zero-order valence-electron chi connectivity index (χ0n) is 12.7. The first-order chi connectivity index (χ1) is 11.2. The van der Waals surface area contributed by atoms with Gasteiger partial charge in [0, 0.05) is 16.8 Å². The van der Waals surface area contributed by atoms with Crippen LogP contribution in [0.3, 0.4) is 0 Å². The molecule has 2 amide bonds. The van der Waals surface area contributed by atoms with E-state index in [2.05, 4.69) is 5.32 Å². The lowest BCUT2D eigenvalue weighted by Gasteiger charge is -2.28. The van der Waals surface area contributed by atoms with Crippen LogP contribution in [-0.2, 0) is 19.6 Å². The first-order valence-corrected chi connectivity index (χ1v) is 9.17. The number of carbonyl (C=O) groups is 2. The van der Waals surface area contributed by atoms with Gasteiger partial charge in [-0.2, -0.15) is 0 Å². The van der Waals surface area contributed by atoms with Gasteiger partial charge in [-0.05, 0) is 25.1 Å². The summed E-state index contributed by atoms with van der Waals surface area (Å²) in [4.78, 5) is 25.7. The van der Waals surface area contributed by atoms with E-state index in [-0.39, 0.29) is 15.5 Å². The third-order valence-corrected chi connectivity index (χ3v) is 6.74. The van der Waals surface area contributed by atoms with Crippen molar-refractivity contribution in [2.45, 2.75) is 17.7 Å². The highest BCUT2D eigenvalue weighted by Crippen LogP contribution is 2.40.